The minimum absolute atomic E-state index is 0.0119. The zero-order valence-electron chi connectivity index (χ0n) is 37.0. The molecule has 0 amide bonds. The Balaban J connectivity index is 0.000000199. The third-order valence-electron chi connectivity index (χ3n) is 11.7. The van der Waals surface area contributed by atoms with Crippen LogP contribution in [0, 0.1) is 11.8 Å². The first-order valence-corrected chi connectivity index (χ1v) is 21.7. The van der Waals surface area contributed by atoms with Gasteiger partial charge < -0.3 is 62.0 Å². The molecule has 8 rings (SSSR count). The maximum absolute atomic E-state index is 10.9. The number of hydrogen-bond donors (Lipinski definition) is 3. The first-order chi connectivity index (χ1) is 29.8. The Morgan fingerprint density at radius 1 is 0.661 bits per heavy atom. The lowest BCUT2D eigenvalue weighted by Gasteiger charge is -2.25. The fourth-order valence-electron chi connectivity index (χ4n) is 8.56. The number of rotatable bonds is 15. The molecule has 3 N–H and O–H groups in total. The summed E-state index contributed by atoms with van der Waals surface area (Å²) in [5.74, 6) is 0.0364. The SMILES string of the molecule is CO.C[C@@H]1[C@@H](OCc2ccccc2)[C@@H](CC2COC(C)(C)O2)O[C@H]1/C=C/c1ccco1.C[C@H]1[C@H]([C@H](O)[C@@H](O)c2ccco2)O[C@H](CC2COC(C)(C)O2)[C@@H]1OCc1ccccc1. The van der Waals surface area contributed by atoms with Gasteiger partial charge in [0, 0.05) is 31.8 Å². The Morgan fingerprint density at radius 3 is 1.66 bits per heavy atom. The zero-order valence-corrected chi connectivity index (χ0v) is 37.0. The molecule has 0 bridgehead atoms. The largest absolute Gasteiger partial charge is 0.466 e. The first-order valence-electron chi connectivity index (χ1n) is 21.7. The van der Waals surface area contributed by atoms with Crippen molar-refractivity contribution in [2.75, 3.05) is 20.3 Å². The van der Waals surface area contributed by atoms with Crippen LogP contribution in [0.5, 0.6) is 0 Å². The van der Waals surface area contributed by atoms with E-state index in [0.717, 1.165) is 30.4 Å². The second-order valence-corrected chi connectivity index (χ2v) is 17.2. The molecule has 13 heteroatoms. The highest BCUT2D eigenvalue weighted by molar-refractivity contribution is 5.43. The molecule has 0 saturated carbocycles. The van der Waals surface area contributed by atoms with Crippen molar-refractivity contribution in [2.45, 2.75) is 140 Å². The van der Waals surface area contributed by atoms with Crippen LogP contribution in [0.15, 0.2) is 112 Å². The van der Waals surface area contributed by atoms with Crippen LogP contribution in [0.1, 0.15) is 83.1 Å². The van der Waals surface area contributed by atoms with Crippen molar-refractivity contribution in [3.8, 4) is 0 Å². The summed E-state index contributed by atoms with van der Waals surface area (Å²) in [5.41, 5.74) is 2.23. The van der Waals surface area contributed by atoms with Crippen molar-refractivity contribution in [1.82, 2.24) is 0 Å². The van der Waals surface area contributed by atoms with Crippen molar-refractivity contribution in [3.63, 3.8) is 0 Å². The highest BCUT2D eigenvalue weighted by atomic mass is 16.7. The molecule has 0 aliphatic carbocycles. The molecule has 2 aromatic heterocycles. The van der Waals surface area contributed by atoms with Gasteiger partial charge in [0.2, 0.25) is 0 Å². The Kier molecular flexibility index (Phi) is 17.2. The van der Waals surface area contributed by atoms with E-state index >= 15 is 0 Å². The number of aliphatic hydroxyl groups is 3. The number of benzene rings is 2. The smallest absolute Gasteiger partial charge is 0.163 e. The summed E-state index contributed by atoms with van der Waals surface area (Å²) in [6, 6.07) is 27.3. The van der Waals surface area contributed by atoms with Gasteiger partial charge in [-0.25, -0.2) is 0 Å². The van der Waals surface area contributed by atoms with Crippen molar-refractivity contribution < 1.29 is 62.0 Å². The van der Waals surface area contributed by atoms with Gasteiger partial charge in [-0.1, -0.05) is 80.6 Å². The van der Waals surface area contributed by atoms with Crippen LogP contribution in [0.2, 0.25) is 0 Å². The minimum Gasteiger partial charge on any atom is -0.466 e. The van der Waals surface area contributed by atoms with E-state index in [1.165, 1.54) is 6.26 Å². The van der Waals surface area contributed by atoms with Crippen LogP contribution < -0.4 is 0 Å². The first kappa shape index (κ1) is 47.8. The second kappa shape index (κ2) is 22.3. The average Bonchev–Trinajstić information content (AvgIpc) is 4.15. The van der Waals surface area contributed by atoms with E-state index in [0.29, 0.717) is 38.6 Å². The minimum atomic E-state index is -1.18. The standard InChI is InChI=1S/C24H32O7.C24H30O5.CH4O/c1-15-22(28-13-16-8-5-4-6-9-16)19(12-17-14-29-24(2,3)31-17)30-23(15)21(26)20(25)18-10-7-11-27-18;1-17-21(12-11-19-10-7-13-25-19)28-22(14-20-16-27-24(2,3)29-20)23(17)26-15-18-8-5-4-6-9-18;1-2/h4-11,15,17,19-23,25-26H,12-14H2,1-3H3;4-13,17,20-23H,14-16H2,1-3H3;2H,1H3/b;12-11+;/t15-,17?,19-,20+,21-,22-,23-;17-,20?,21-,22+,23+;/m10./s1. The van der Waals surface area contributed by atoms with Gasteiger partial charge in [-0.15, -0.1) is 0 Å². The maximum Gasteiger partial charge on any atom is 0.163 e. The van der Waals surface area contributed by atoms with Crippen LogP contribution in [-0.2, 0) is 51.1 Å². The van der Waals surface area contributed by atoms with Gasteiger partial charge in [-0.3, -0.25) is 0 Å². The van der Waals surface area contributed by atoms with Gasteiger partial charge in [-0.05, 0) is 69.2 Å². The third-order valence-corrected chi connectivity index (χ3v) is 11.7. The van der Waals surface area contributed by atoms with Gasteiger partial charge in [-0.2, -0.15) is 0 Å². The zero-order chi connectivity index (χ0) is 44.3. The normalized spacial score (nSPS) is 31.0. The fourth-order valence-corrected chi connectivity index (χ4v) is 8.56. The van der Waals surface area contributed by atoms with Gasteiger partial charge in [0.15, 0.2) is 11.6 Å². The summed E-state index contributed by atoms with van der Waals surface area (Å²) in [4.78, 5) is 0. The molecular weight excluding hydrogens is 797 g/mol. The molecule has 4 aliphatic rings. The third kappa shape index (κ3) is 13.0. The molecule has 4 saturated heterocycles. The van der Waals surface area contributed by atoms with Crippen LogP contribution in [0.3, 0.4) is 0 Å². The Bertz CT molecular complexity index is 1870. The average molecular weight is 863 g/mol. The fraction of sp³-hybridized carbons (Fsp3) is 0.551. The highest BCUT2D eigenvalue weighted by Crippen LogP contribution is 2.39. The van der Waals surface area contributed by atoms with Crippen LogP contribution in [0.4, 0.5) is 0 Å². The molecule has 2 aromatic carbocycles. The summed E-state index contributed by atoms with van der Waals surface area (Å²) in [5, 5.41) is 28.5. The summed E-state index contributed by atoms with van der Waals surface area (Å²) in [6.07, 6.45) is 4.77. The Morgan fingerprint density at radius 2 is 1.18 bits per heavy atom. The molecule has 4 aromatic rings. The number of furan rings is 2. The highest BCUT2D eigenvalue weighted by Gasteiger charge is 2.50. The Hall–Kier alpha value is -3.70. The van der Waals surface area contributed by atoms with E-state index in [4.69, 9.17) is 51.8 Å². The molecule has 340 valence electrons. The van der Waals surface area contributed by atoms with Crippen LogP contribution in [-0.4, -0.2) is 102 Å². The summed E-state index contributed by atoms with van der Waals surface area (Å²) in [7, 11) is 1.00. The van der Waals surface area contributed by atoms with Crippen molar-refractivity contribution in [2.24, 2.45) is 11.8 Å². The van der Waals surface area contributed by atoms with Crippen molar-refractivity contribution in [1.29, 1.82) is 0 Å². The van der Waals surface area contributed by atoms with Crippen LogP contribution in [0.25, 0.3) is 6.08 Å². The quantitative estimate of drug-likeness (QED) is 0.107. The molecule has 4 fully saturated rings. The lowest BCUT2D eigenvalue weighted by molar-refractivity contribution is -0.148. The molecule has 0 radical (unpaired) electrons. The predicted octanol–water partition coefficient (Wildman–Crippen LogP) is 7.64. The Labute approximate surface area is 365 Å². The topological polar surface area (TPSA) is 161 Å². The van der Waals surface area contributed by atoms with Crippen molar-refractivity contribution in [3.05, 3.63) is 126 Å². The van der Waals surface area contributed by atoms with Crippen LogP contribution >= 0.6 is 0 Å². The van der Waals surface area contributed by atoms with E-state index in [2.05, 4.69) is 25.1 Å². The lowest BCUT2D eigenvalue weighted by atomic mass is 9.91. The lowest BCUT2D eigenvalue weighted by Crippen LogP contribution is -2.37. The second-order valence-electron chi connectivity index (χ2n) is 17.2. The maximum atomic E-state index is 10.9. The molecule has 13 nitrogen and oxygen atoms in total. The summed E-state index contributed by atoms with van der Waals surface area (Å²) < 4.78 is 59.4. The predicted molar refractivity (Wildman–Crippen MR) is 230 cm³/mol. The number of hydrogen-bond acceptors (Lipinski definition) is 13. The summed E-state index contributed by atoms with van der Waals surface area (Å²) >= 11 is 0. The van der Waals surface area contributed by atoms with Gasteiger partial charge >= 0.3 is 0 Å². The molecule has 62 heavy (non-hydrogen) atoms. The van der Waals surface area contributed by atoms with E-state index in [1.807, 2.05) is 101 Å². The molecule has 12 atom stereocenters. The number of ether oxygens (including phenoxy) is 8. The molecule has 2 unspecified atom stereocenters. The molecule has 4 aliphatic heterocycles. The van der Waals surface area contributed by atoms with E-state index in [1.54, 1.807) is 18.4 Å². The molecular formula is C49H66O13. The van der Waals surface area contributed by atoms with E-state index < -0.39 is 29.9 Å². The van der Waals surface area contributed by atoms with Gasteiger partial charge in [0.25, 0.3) is 0 Å². The van der Waals surface area contributed by atoms with E-state index in [-0.39, 0.29) is 54.6 Å². The van der Waals surface area contributed by atoms with E-state index in [9.17, 15) is 10.2 Å². The van der Waals surface area contributed by atoms with Gasteiger partial charge in [0.1, 0.15) is 23.7 Å². The number of aliphatic hydroxyl groups excluding tert-OH is 3. The molecule has 6 heterocycles. The van der Waals surface area contributed by atoms with Gasteiger partial charge in [0.05, 0.1) is 87.8 Å². The summed E-state index contributed by atoms with van der Waals surface area (Å²) in [6.45, 7) is 13.9. The molecule has 0 spiro atoms. The van der Waals surface area contributed by atoms with Crippen molar-refractivity contribution >= 4 is 6.08 Å². The monoisotopic (exact) mass is 862 g/mol.